The van der Waals surface area contributed by atoms with E-state index in [9.17, 15) is 13.2 Å². The Kier molecular flexibility index (Phi) is 6.67. The van der Waals surface area contributed by atoms with Crippen LogP contribution in [0.4, 0.5) is 5.69 Å². The fourth-order valence-corrected chi connectivity index (χ4v) is 3.58. The molecule has 0 aromatic heterocycles. The number of benzene rings is 2. The van der Waals surface area contributed by atoms with Crippen molar-refractivity contribution in [3.63, 3.8) is 0 Å². The van der Waals surface area contributed by atoms with Gasteiger partial charge in [-0.25, -0.2) is 8.42 Å². The van der Waals surface area contributed by atoms with E-state index in [1.807, 2.05) is 38.1 Å². The number of carbonyl (C=O) groups excluding carboxylic acids is 1. The minimum absolute atomic E-state index is 0.246. The molecule has 7 heteroatoms. The summed E-state index contributed by atoms with van der Waals surface area (Å²) >= 11 is 5.85. The van der Waals surface area contributed by atoms with Crippen LogP contribution in [0.25, 0.3) is 0 Å². The molecule has 0 radical (unpaired) electrons. The number of anilines is 1. The molecule has 0 aliphatic carbocycles. The zero-order valence-electron chi connectivity index (χ0n) is 15.1. The third-order valence-corrected chi connectivity index (χ3v) is 5.35. The van der Waals surface area contributed by atoms with Crippen molar-refractivity contribution in [1.29, 1.82) is 0 Å². The molecule has 0 spiro atoms. The van der Waals surface area contributed by atoms with Crippen LogP contribution in [-0.2, 0) is 21.2 Å². The van der Waals surface area contributed by atoms with Gasteiger partial charge in [0, 0.05) is 11.6 Å². The van der Waals surface area contributed by atoms with Crippen molar-refractivity contribution in [2.24, 2.45) is 0 Å². The fourth-order valence-electron chi connectivity index (χ4n) is 2.55. The third kappa shape index (κ3) is 5.75. The summed E-state index contributed by atoms with van der Waals surface area (Å²) in [7, 11) is -3.58. The summed E-state index contributed by atoms with van der Waals surface area (Å²) in [5, 5.41) is 3.44. The van der Waals surface area contributed by atoms with E-state index in [0.29, 0.717) is 23.7 Å². The maximum Gasteiger partial charge on any atom is 0.240 e. The highest BCUT2D eigenvalue weighted by Gasteiger charge is 2.22. The van der Waals surface area contributed by atoms with Crippen LogP contribution in [0.2, 0.25) is 5.02 Å². The van der Waals surface area contributed by atoms with Crippen LogP contribution in [0.5, 0.6) is 0 Å². The SMILES string of the molecule is Cc1ccc(C)c(N(CC(=O)NCCc2ccc(Cl)cc2)S(C)(=O)=O)c1. The zero-order valence-corrected chi connectivity index (χ0v) is 16.7. The van der Waals surface area contributed by atoms with Gasteiger partial charge in [0.05, 0.1) is 11.9 Å². The van der Waals surface area contributed by atoms with E-state index >= 15 is 0 Å². The molecule has 1 amide bonds. The van der Waals surface area contributed by atoms with Crippen molar-refractivity contribution in [2.45, 2.75) is 20.3 Å². The molecule has 0 heterocycles. The zero-order chi connectivity index (χ0) is 19.3. The Labute approximate surface area is 160 Å². The van der Waals surface area contributed by atoms with E-state index < -0.39 is 10.0 Å². The summed E-state index contributed by atoms with van der Waals surface area (Å²) in [5.74, 6) is -0.342. The second-order valence-corrected chi connectivity index (χ2v) is 8.63. The molecule has 2 aromatic rings. The van der Waals surface area contributed by atoms with Gasteiger partial charge in [-0.05, 0) is 55.2 Å². The number of sulfonamides is 1. The standard InChI is InChI=1S/C19H23ClN2O3S/c1-14-4-5-15(2)18(12-14)22(26(3,24)25)13-19(23)21-11-10-16-6-8-17(20)9-7-16/h4-9,12H,10-11,13H2,1-3H3,(H,21,23). The molecular formula is C19H23ClN2O3S. The molecule has 5 nitrogen and oxygen atoms in total. The summed E-state index contributed by atoms with van der Waals surface area (Å²) in [6, 6.07) is 12.9. The van der Waals surface area contributed by atoms with Crippen LogP contribution in [0.3, 0.4) is 0 Å². The van der Waals surface area contributed by atoms with E-state index in [-0.39, 0.29) is 12.5 Å². The van der Waals surface area contributed by atoms with E-state index in [2.05, 4.69) is 5.32 Å². The molecule has 0 aliphatic heterocycles. The number of halogens is 1. The van der Waals surface area contributed by atoms with Crippen LogP contribution in [0.15, 0.2) is 42.5 Å². The number of nitrogens with zero attached hydrogens (tertiary/aromatic N) is 1. The number of rotatable bonds is 7. The molecule has 0 aliphatic rings. The average Bonchev–Trinajstić information content (AvgIpc) is 2.56. The molecule has 2 rings (SSSR count). The first kappa shape index (κ1) is 20.3. The van der Waals surface area contributed by atoms with Crippen LogP contribution in [0.1, 0.15) is 16.7 Å². The van der Waals surface area contributed by atoms with E-state index in [4.69, 9.17) is 11.6 Å². The van der Waals surface area contributed by atoms with Gasteiger partial charge in [-0.3, -0.25) is 9.10 Å². The number of carbonyl (C=O) groups is 1. The van der Waals surface area contributed by atoms with Gasteiger partial charge in [0.2, 0.25) is 15.9 Å². The molecule has 0 saturated heterocycles. The lowest BCUT2D eigenvalue weighted by Crippen LogP contribution is -2.41. The average molecular weight is 395 g/mol. The number of hydrogen-bond acceptors (Lipinski definition) is 3. The van der Waals surface area contributed by atoms with Gasteiger partial charge < -0.3 is 5.32 Å². The van der Waals surface area contributed by atoms with Crippen molar-refractivity contribution in [2.75, 3.05) is 23.7 Å². The van der Waals surface area contributed by atoms with Gasteiger partial charge in [-0.2, -0.15) is 0 Å². The molecule has 140 valence electrons. The number of aryl methyl sites for hydroxylation is 2. The Morgan fingerprint density at radius 2 is 1.77 bits per heavy atom. The van der Waals surface area contributed by atoms with E-state index in [1.165, 1.54) is 0 Å². The van der Waals surface area contributed by atoms with Gasteiger partial charge in [-0.15, -0.1) is 0 Å². The number of nitrogens with one attached hydrogen (secondary N) is 1. The topological polar surface area (TPSA) is 66.5 Å². The first-order valence-electron chi connectivity index (χ1n) is 8.23. The largest absolute Gasteiger partial charge is 0.354 e. The first-order chi connectivity index (χ1) is 12.2. The molecule has 0 saturated carbocycles. The lowest BCUT2D eigenvalue weighted by Gasteiger charge is -2.24. The summed E-state index contributed by atoms with van der Waals surface area (Å²) in [6.45, 7) is 3.88. The van der Waals surface area contributed by atoms with Crippen molar-refractivity contribution in [1.82, 2.24) is 5.32 Å². The van der Waals surface area contributed by atoms with Crippen molar-refractivity contribution in [3.8, 4) is 0 Å². The molecule has 0 bridgehead atoms. The minimum Gasteiger partial charge on any atom is -0.354 e. The molecule has 26 heavy (non-hydrogen) atoms. The Balaban J connectivity index is 2.03. The molecule has 0 unspecified atom stereocenters. The van der Waals surface area contributed by atoms with Gasteiger partial charge in [-0.1, -0.05) is 35.9 Å². The maximum absolute atomic E-state index is 12.3. The van der Waals surface area contributed by atoms with Crippen molar-refractivity contribution < 1.29 is 13.2 Å². The Morgan fingerprint density at radius 3 is 2.38 bits per heavy atom. The molecule has 0 atom stereocenters. The second-order valence-electron chi connectivity index (χ2n) is 6.29. The Hall–Kier alpha value is -2.05. The van der Waals surface area contributed by atoms with Crippen molar-refractivity contribution >= 4 is 33.2 Å². The third-order valence-electron chi connectivity index (χ3n) is 3.97. The fraction of sp³-hybridized carbons (Fsp3) is 0.316. The molecule has 0 fully saturated rings. The smallest absolute Gasteiger partial charge is 0.240 e. The van der Waals surface area contributed by atoms with Gasteiger partial charge >= 0.3 is 0 Å². The highest BCUT2D eigenvalue weighted by molar-refractivity contribution is 7.92. The number of amides is 1. The predicted molar refractivity (Wildman–Crippen MR) is 106 cm³/mol. The summed E-state index contributed by atoms with van der Waals surface area (Å²) < 4.78 is 25.5. The van der Waals surface area contributed by atoms with Gasteiger partial charge in [0.15, 0.2) is 0 Å². The lowest BCUT2D eigenvalue weighted by atomic mass is 10.1. The highest BCUT2D eigenvalue weighted by Crippen LogP contribution is 2.23. The Morgan fingerprint density at radius 1 is 1.12 bits per heavy atom. The van der Waals surface area contributed by atoms with Gasteiger partial charge in [0.25, 0.3) is 0 Å². The maximum atomic E-state index is 12.3. The Bertz CT molecular complexity index is 880. The summed E-state index contributed by atoms with van der Waals surface area (Å²) in [6.07, 6.45) is 1.75. The predicted octanol–water partition coefficient (Wildman–Crippen LogP) is 3.08. The van der Waals surface area contributed by atoms with Crippen LogP contribution >= 0.6 is 11.6 Å². The first-order valence-corrected chi connectivity index (χ1v) is 10.5. The quantitative estimate of drug-likeness (QED) is 0.784. The van der Waals surface area contributed by atoms with Crippen LogP contribution < -0.4 is 9.62 Å². The summed E-state index contributed by atoms with van der Waals surface area (Å²) in [5.41, 5.74) is 3.31. The van der Waals surface area contributed by atoms with Gasteiger partial charge in [0.1, 0.15) is 6.54 Å². The van der Waals surface area contributed by atoms with Crippen LogP contribution in [-0.4, -0.2) is 33.7 Å². The lowest BCUT2D eigenvalue weighted by molar-refractivity contribution is -0.119. The van der Waals surface area contributed by atoms with Crippen LogP contribution in [0, 0.1) is 13.8 Å². The van der Waals surface area contributed by atoms with E-state index in [1.54, 1.807) is 18.2 Å². The molecule has 2 aromatic carbocycles. The highest BCUT2D eigenvalue weighted by atomic mass is 35.5. The molecule has 1 N–H and O–H groups in total. The van der Waals surface area contributed by atoms with Crippen molar-refractivity contribution in [3.05, 3.63) is 64.2 Å². The second kappa shape index (κ2) is 8.56. The van der Waals surface area contributed by atoms with E-state index in [0.717, 1.165) is 27.3 Å². The number of hydrogen-bond donors (Lipinski definition) is 1. The minimum atomic E-state index is -3.58. The monoisotopic (exact) mass is 394 g/mol. The summed E-state index contributed by atoms with van der Waals surface area (Å²) in [4.78, 5) is 12.3. The molecular weight excluding hydrogens is 372 g/mol. The normalized spacial score (nSPS) is 11.2.